The summed E-state index contributed by atoms with van der Waals surface area (Å²) < 4.78 is 12.4. The quantitative estimate of drug-likeness (QED) is 0.0999. The molecular formula is C44H40GeIrN2S-2. The van der Waals surface area contributed by atoms with Crippen LogP contribution in [-0.2, 0) is 20.1 Å². The number of benzene rings is 5. The zero-order valence-electron chi connectivity index (χ0n) is 30.0. The number of hydrogen-bond acceptors (Lipinski definition) is 3. The van der Waals surface area contributed by atoms with Gasteiger partial charge in [0.25, 0.3) is 0 Å². The van der Waals surface area contributed by atoms with Crippen LogP contribution in [0.1, 0.15) is 37.8 Å². The summed E-state index contributed by atoms with van der Waals surface area (Å²) in [5.41, 5.74) is 7.61. The number of rotatable bonds is 4. The zero-order valence-corrected chi connectivity index (χ0v) is 34.3. The van der Waals surface area contributed by atoms with Crippen molar-refractivity contribution in [2.75, 3.05) is 0 Å². The molecule has 8 rings (SSSR count). The molecule has 0 atom stereocenters. The van der Waals surface area contributed by atoms with Gasteiger partial charge in [-0.15, -0.1) is 23.8 Å². The Morgan fingerprint density at radius 1 is 0.735 bits per heavy atom. The number of aryl methyl sites for hydroxylation is 2. The van der Waals surface area contributed by atoms with E-state index in [2.05, 4.69) is 120 Å². The fourth-order valence-corrected chi connectivity index (χ4v) is 11.3. The van der Waals surface area contributed by atoms with Crippen LogP contribution in [0.4, 0.5) is 0 Å². The molecule has 3 heterocycles. The minimum Gasteiger partial charge on any atom is -0.305 e. The minimum atomic E-state index is -1.77. The van der Waals surface area contributed by atoms with Crippen LogP contribution in [0.25, 0.3) is 64.2 Å². The average Bonchev–Trinajstić information content (AvgIpc) is 3.45. The van der Waals surface area contributed by atoms with E-state index in [1.165, 1.54) is 57.2 Å². The fourth-order valence-electron chi connectivity index (χ4n) is 6.51. The van der Waals surface area contributed by atoms with Gasteiger partial charge in [-0.1, -0.05) is 66.8 Å². The van der Waals surface area contributed by atoms with Gasteiger partial charge in [-0.3, -0.25) is 0 Å². The largest absolute Gasteiger partial charge is 0.305 e. The van der Waals surface area contributed by atoms with E-state index in [0.717, 1.165) is 28.1 Å². The number of fused-ring (bicyclic) bond motifs is 6. The van der Waals surface area contributed by atoms with E-state index in [0.29, 0.717) is 0 Å². The van der Waals surface area contributed by atoms with Gasteiger partial charge in [0.2, 0.25) is 0 Å². The van der Waals surface area contributed by atoms with E-state index in [4.69, 9.17) is 1.37 Å². The first-order valence-electron chi connectivity index (χ1n) is 17.0. The van der Waals surface area contributed by atoms with Crippen molar-refractivity contribution in [2.45, 2.75) is 50.9 Å². The molecule has 0 saturated carbocycles. The molecule has 0 spiro atoms. The van der Waals surface area contributed by atoms with E-state index >= 15 is 0 Å². The first kappa shape index (κ1) is 33.8. The number of pyridine rings is 2. The molecule has 0 N–H and O–H groups in total. The normalized spacial score (nSPS) is 12.1. The van der Waals surface area contributed by atoms with E-state index < -0.39 is 19.2 Å². The summed E-state index contributed by atoms with van der Waals surface area (Å²) in [6.07, 6.45) is 3.88. The molecule has 49 heavy (non-hydrogen) atoms. The Morgan fingerprint density at radius 2 is 1.51 bits per heavy atom. The maximum absolute atomic E-state index is 8.41. The molecule has 0 aliphatic heterocycles. The summed E-state index contributed by atoms with van der Waals surface area (Å²) in [6, 6.07) is 40.8. The summed E-state index contributed by atoms with van der Waals surface area (Å²) in [5, 5.41) is 7.66. The molecule has 1 radical (unpaired) electrons. The molecule has 0 saturated heterocycles. The summed E-state index contributed by atoms with van der Waals surface area (Å²) in [5.74, 6) is 6.54. The van der Waals surface area contributed by atoms with E-state index in [-0.39, 0.29) is 20.1 Å². The Bertz CT molecular complexity index is 2490. The van der Waals surface area contributed by atoms with Crippen LogP contribution in [0.15, 0.2) is 109 Å². The van der Waals surface area contributed by atoms with Crippen LogP contribution in [0.2, 0.25) is 17.3 Å². The summed E-state index contributed by atoms with van der Waals surface area (Å²) in [7, 11) is 0. The molecule has 2 nitrogen and oxygen atoms in total. The summed E-state index contributed by atoms with van der Waals surface area (Å²) in [4.78, 5) is 9.23. The third-order valence-corrected chi connectivity index (χ3v) is 14.7. The molecule has 0 aliphatic carbocycles. The van der Waals surface area contributed by atoms with Crippen molar-refractivity contribution in [1.82, 2.24) is 9.97 Å². The van der Waals surface area contributed by atoms with Crippen molar-refractivity contribution in [3.63, 3.8) is 0 Å². The maximum Gasteiger partial charge on any atom is 0.0346 e. The van der Waals surface area contributed by atoms with Crippen LogP contribution >= 0.6 is 11.3 Å². The molecule has 0 fully saturated rings. The second kappa shape index (κ2) is 14.3. The van der Waals surface area contributed by atoms with Crippen LogP contribution < -0.4 is 4.40 Å². The number of aromatic nitrogens is 2. The molecule has 3 aromatic heterocycles. The van der Waals surface area contributed by atoms with Crippen molar-refractivity contribution in [2.24, 2.45) is 0 Å². The van der Waals surface area contributed by atoms with Crippen LogP contribution in [-0.4, -0.2) is 23.2 Å². The SMILES string of the molecule is Cc1cc(-c2[c-]cccc2)nc[c]1[Ge]([CH3])([CH3])[CH3].[2H]C(C)(C)c1ccnc(-c2[c-]ccc3c2sc2cc4c(ccc5ccc(C)cc54)cc23)c1.[Ir]. The van der Waals surface area contributed by atoms with Gasteiger partial charge in [0.15, 0.2) is 0 Å². The molecule has 8 aromatic rings. The smallest absolute Gasteiger partial charge is 0.0346 e. The van der Waals surface area contributed by atoms with Crippen molar-refractivity contribution in [3.8, 4) is 22.5 Å². The topological polar surface area (TPSA) is 25.8 Å². The fraction of sp³-hybridized carbons (Fsp3) is 0.182. The van der Waals surface area contributed by atoms with Gasteiger partial charge >= 0.3 is 106 Å². The third-order valence-electron chi connectivity index (χ3n) is 9.04. The van der Waals surface area contributed by atoms with Crippen LogP contribution in [0, 0.1) is 26.0 Å². The molecule has 0 amide bonds. The van der Waals surface area contributed by atoms with E-state index in [1.807, 2.05) is 56.4 Å². The average molecular weight is 895 g/mol. The van der Waals surface area contributed by atoms with Crippen LogP contribution in [0.3, 0.4) is 0 Å². The Kier molecular flexibility index (Phi) is 9.86. The van der Waals surface area contributed by atoms with Crippen molar-refractivity contribution < 1.29 is 21.5 Å². The maximum atomic E-state index is 8.41. The molecule has 0 aliphatic rings. The predicted molar refractivity (Wildman–Crippen MR) is 211 cm³/mol. The second-order valence-corrected chi connectivity index (χ2v) is 25.5. The summed E-state index contributed by atoms with van der Waals surface area (Å²) >= 11 is 0.0333. The number of thiophene rings is 1. The standard InChI is InChI=1S/C29H22NS.C15H18GeN.Ir/c1-17(2)20-11-12-30-27(15-20)23-6-4-5-22-26-14-21-10-9-19-8-7-18(3)13-24(19)25(21)16-28(26)31-29(22)23;1-12-10-15(13-8-6-5-7-9-13)17-11-14(12)16(2,3)4;/h4-5,7-17H,1-3H3;5-8,10-11H,1-4H3;/q2*-1;/i17D;;. The molecule has 0 bridgehead atoms. The van der Waals surface area contributed by atoms with Gasteiger partial charge in [-0.25, -0.2) is 0 Å². The number of nitrogens with zero attached hydrogens (tertiary/aromatic N) is 2. The van der Waals surface area contributed by atoms with E-state index in [9.17, 15) is 0 Å². The predicted octanol–water partition coefficient (Wildman–Crippen LogP) is 12.1. The van der Waals surface area contributed by atoms with Gasteiger partial charge in [-0.05, 0) is 68.3 Å². The molecule has 247 valence electrons. The molecule has 5 aromatic carbocycles. The first-order valence-corrected chi connectivity index (χ1v) is 24.6. The van der Waals surface area contributed by atoms with Gasteiger partial charge in [0, 0.05) is 32.4 Å². The zero-order chi connectivity index (χ0) is 34.5. The van der Waals surface area contributed by atoms with Gasteiger partial charge < -0.3 is 4.98 Å². The Balaban J connectivity index is 0.000000204. The van der Waals surface area contributed by atoms with Crippen molar-refractivity contribution in [3.05, 3.63) is 138 Å². The van der Waals surface area contributed by atoms with Crippen molar-refractivity contribution >= 4 is 70.7 Å². The Labute approximate surface area is 311 Å². The van der Waals surface area contributed by atoms with Gasteiger partial charge in [0.1, 0.15) is 0 Å². The number of hydrogen-bond donors (Lipinski definition) is 0. The van der Waals surface area contributed by atoms with E-state index in [1.54, 1.807) is 11.3 Å². The Morgan fingerprint density at radius 3 is 2.24 bits per heavy atom. The van der Waals surface area contributed by atoms with Crippen molar-refractivity contribution in [1.29, 1.82) is 0 Å². The summed E-state index contributed by atoms with van der Waals surface area (Å²) in [6.45, 7) is 8.17. The molecule has 5 heteroatoms. The third kappa shape index (κ3) is 7.16. The monoisotopic (exact) mass is 896 g/mol. The second-order valence-electron chi connectivity index (χ2n) is 13.9. The van der Waals surface area contributed by atoms with Crippen LogP contribution in [0.5, 0.6) is 0 Å². The molecular weight excluding hydrogens is 853 g/mol. The first-order chi connectivity index (χ1) is 23.4. The molecule has 0 unspecified atom stereocenters. The van der Waals surface area contributed by atoms with Gasteiger partial charge in [-0.2, -0.15) is 11.3 Å². The Hall–Kier alpha value is -3.67. The van der Waals surface area contributed by atoms with Gasteiger partial charge in [0.05, 0.1) is 0 Å². The minimum absolute atomic E-state index is 0.